The Morgan fingerprint density at radius 2 is 1.76 bits per heavy atom. The first-order chi connectivity index (χ1) is 9.95. The molecule has 0 radical (unpaired) electrons. The van der Waals surface area contributed by atoms with E-state index >= 15 is 0 Å². The van der Waals surface area contributed by atoms with E-state index in [1.807, 2.05) is 0 Å². The van der Waals surface area contributed by atoms with Gasteiger partial charge in [-0.2, -0.15) is 13.2 Å². The van der Waals surface area contributed by atoms with Crippen LogP contribution < -0.4 is 5.32 Å². The van der Waals surface area contributed by atoms with Crippen LogP contribution in [-0.4, -0.2) is 5.97 Å². The molecule has 0 saturated carbocycles. The summed E-state index contributed by atoms with van der Waals surface area (Å²) in [5.74, 6) is -0.647. The van der Waals surface area contributed by atoms with E-state index < -0.39 is 23.9 Å². The van der Waals surface area contributed by atoms with Crippen LogP contribution in [0.3, 0.4) is 0 Å². The number of carbonyl (C=O) groups excluding carboxylic acids is 1. The van der Waals surface area contributed by atoms with E-state index in [0.717, 1.165) is 18.2 Å². The Labute approximate surface area is 118 Å². The summed E-state index contributed by atoms with van der Waals surface area (Å²) < 4.78 is 43.4. The van der Waals surface area contributed by atoms with Crippen LogP contribution in [0.5, 0.6) is 0 Å². The average Bonchev–Trinajstić information content (AvgIpc) is 2.46. The maximum absolute atomic E-state index is 12.7. The Kier molecular flexibility index (Phi) is 3.08. The Bertz CT molecular complexity index is 683. The number of anilines is 1. The van der Waals surface area contributed by atoms with Gasteiger partial charge in [0.15, 0.2) is 6.23 Å². The predicted molar refractivity (Wildman–Crippen MR) is 69.7 cm³/mol. The molecule has 21 heavy (non-hydrogen) atoms. The Balaban J connectivity index is 1.98. The molecule has 1 aliphatic heterocycles. The molecule has 1 N–H and O–H groups in total. The summed E-state index contributed by atoms with van der Waals surface area (Å²) in [6.07, 6.45) is -5.25. The summed E-state index contributed by atoms with van der Waals surface area (Å²) in [6.45, 7) is 0. The maximum atomic E-state index is 12.7. The molecule has 3 rings (SSSR count). The van der Waals surface area contributed by atoms with Crippen LogP contribution in [0.1, 0.15) is 27.7 Å². The van der Waals surface area contributed by atoms with Gasteiger partial charge in [-0.3, -0.25) is 0 Å². The van der Waals surface area contributed by atoms with Gasteiger partial charge in [0.2, 0.25) is 0 Å². The smallest absolute Gasteiger partial charge is 0.416 e. The first kappa shape index (κ1) is 13.5. The number of nitrogens with one attached hydrogen (secondary N) is 1. The number of rotatable bonds is 1. The second-order valence-corrected chi connectivity index (χ2v) is 4.60. The van der Waals surface area contributed by atoms with Gasteiger partial charge in [0.1, 0.15) is 0 Å². The zero-order valence-corrected chi connectivity index (χ0v) is 10.6. The number of ether oxygens (including phenoxy) is 1. The van der Waals surface area contributed by atoms with Crippen LogP contribution in [0.4, 0.5) is 18.9 Å². The average molecular weight is 293 g/mol. The number of hydrogen-bond donors (Lipinski definition) is 1. The summed E-state index contributed by atoms with van der Waals surface area (Å²) >= 11 is 0. The van der Waals surface area contributed by atoms with Crippen molar-refractivity contribution in [2.75, 3.05) is 5.32 Å². The minimum atomic E-state index is -4.46. The van der Waals surface area contributed by atoms with Crippen molar-refractivity contribution < 1.29 is 22.7 Å². The number of esters is 1. The zero-order valence-electron chi connectivity index (χ0n) is 10.6. The number of halogens is 3. The molecule has 1 aliphatic rings. The van der Waals surface area contributed by atoms with Crippen LogP contribution in [0.2, 0.25) is 0 Å². The molecule has 3 nitrogen and oxygen atoms in total. The first-order valence-electron chi connectivity index (χ1n) is 6.19. The van der Waals surface area contributed by atoms with Gasteiger partial charge in [0.05, 0.1) is 16.8 Å². The highest BCUT2D eigenvalue weighted by atomic mass is 19.4. The van der Waals surface area contributed by atoms with Crippen molar-refractivity contribution in [3.63, 3.8) is 0 Å². The van der Waals surface area contributed by atoms with Gasteiger partial charge in [0.25, 0.3) is 0 Å². The fraction of sp³-hybridized carbons (Fsp3) is 0.133. The summed E-state index contributed by atoms with van der Waals surface area (Å²) in [7, 11) is 0. The number of fused-ring (bicyclic) bond motifs is 1. The molecule has 108 valence electrons. The molecular formula is C15H10F3NO2. The maximum Gasteiger partial charge on any atom is 0.416 e. The molecular weight excluding hydrogens is 283 g/mol. The highest BCUT2D eigenvalue weighted by molar-refractivity contribution is 5.97. The minimum absolute atomic E-state index is 0.0928. The predicted octanol–water partition coefficient (Wildman–Crippen LogP) is 3.99. The van der Waals surface area contributed by atoms with E-state index in [1.165, 1.54) is 0 Å². The van der Waals surface area contributed by atoms with Gasteiger partial charge in [-0.1, -0.05) is 30.3 Å². The molecule has 0 amide bonds. The highest BCUT2D eigenvalue weighted by Crippen LogP contribution is 2.36. The number of hydrogen-bond acceptors (Lipinski definition) is 3. The van der Waals surface area contributed by atoms with Crippen molar-refractivity contribution in [1.29, 1.82) is 0 Å². The third-order valence-corrected chi connectivity index (χ3v) is 3.18. The molecule has 0 aliphatic carbocycles. The van der Waals surface area contributed by atoms with Gasteiger partial charge in [0, 0.05) is 5.56 Å². The van der Waals surface area contributed by atoms with Crippen LogP contribution in [0, 0.1) is 0 Å². The Morgan fingerprint density at radius 1 is 1.05 bits per heavy atom. The van der Waals surface area contributed by atoms with E-state index in [-0.39, 0.29) is 11.3 Å². The third kappa shape index (κ3) is 2.56. The van der Waals surface area contributed by atoms with Crippen molar-refractivity contribution >= 4 is 11.7 Å². The number of carbonyl (C=O) groups is 1. The van der Waals surface area contributed by atoms with Crippen molar-refractivity contribution in [1.82, 2.24) is 0 Å². The van der Waals surface area contributed by atoms with Gasteiger partial charge in [-0.25, -0.2) is 4.79 Å². The molecule has 0 bridgehead atoms. The molecule has 2 aromatic rings. The SMILES string of the molecule is O=C1O[C@@H](c2ccccc2)Nc2cc(C(F)(F)F)ccc21. The lowest BCUT2D eigenvalue weighted by Crippen LogP contribution is -2.26. The third-order valence-electron chi connectivity index (χ3n) is 3.18. The van der Waals surface area contributed by atoms with Gasteiger partial charge >= 0.3 is 12.1 Å². The molecule has 1 heterocycles. The minimum Gasteiger partial charge on any atom is -0.434 e. The Morgan fingerprint density at radius 3 is 2.43 bits per heavy atom. The van der Waals surface area contributed by atoms with Crippen LogP contribution in [0.15, 0.2) is 48.5 Å². The summed E-state index contributed by atoms with van der Waals surface area (Å²) in [4.78, 5) is 11.9. The summed E-state index contributed by atoms with van der Waals surface area (Å²) in [5.41, 5.74) is 0.0642. The van der Waals surface area contributed by atoms with Crippen LogP contribution >= 0.6 is 0 Å². The largest absolute Gasteiger partial charge is 0.434 e. The lowest BCUT2D eigenvalue weighted by Gasteiger charge is -2.27. The second-order valence-electron chi connectivity index (χ2n) is 4.60. The molecule has 6 heteroatoms. The Hall–Kier alpha value is -2.50. The van der Waals surface area contributed by atoms with Crippen molar-refractivity contribution in [3.05, 3.63) is 65.2 Å². The number of alkyl halides is 3. The van der Waals surface area contributed by atoms with E-state index in [1.54, 1.807) is 30.3 Å². The second kappa shape index (κ2) is 4.80. The topological polar surface area (TPSA) is 38.3 Å². The molecule has 0 unspecified atom stereocenters. The van der Waals surface area contributed by atoms with Gasteiger partial charge in [-0.05, 0) is 18.2 Å². The van der Waals surface area contributed by atoms with Gasteiger partial charge < -0.3 is 10.1 Å². The van der Waals surface area contributed by atoms with E-state index in [2.05, 4.69) is 5.32 Å². The van der Waals surface area contributed by atoms with Crippen molar-refractivity contribution in [2.24, 2.45) is 0 Å². The lowest BCUT2D eigenvalue weighted by molar-refractivity contribution is -0.137. The van der Waals surface area contributed by atoms with E-state index in [9.17, 15) is 18.0 Å². The highest BCUT2D eigenvalue weighted by Gasteiger charge is 2.34. The molecule has 0 saturated heterocycles. The standard InChI is InChI=1S/C15H10F3NO2/c16-15(17,18)10-6-7-11-12(8-10)19-13(21-14(11)20)9-4-2-1-3-5-9/h1-8,13,19H/t13-/m0/s1. The van der Waals surface area contributed by atoms with Gasteiger partial charge in [-0.15, -0.1) is 0 Å². The van der Waals surface area contributed by atoms with Crippen LogP contribution in [-0.2, 0) is 10.9 Å². The molecule has 0 aromatic heterocycles. The first-order valence-corrected chi connectivity index (χ1v) is 6.19. The summed E-state index contributed by atoms with van der Waals surface area (Å²) in [5, 5.41) is 2.81. The van der Waals surface area contributed by atoms with E-state index in [0.29, 0.717) is 5.56 Å². The van der Waals surface area contributed by atoms with E-state index in [4.69, 9.17) is 4.74 Å². The normalized spacial score (nSPS) is 17.7. The number of benzene rings is 2. The fourth-order valence-corrected chi connectivity index (χ4v) is 2.14. The monoisotopic (exact) mass is 293 g/mol. The molecule has 0 spiro atoms. The lowest BCUT2D eigenvalue weighted by atomic mass is 10.1. The molecule has 1 atom stereocenters. The molecule has 0 fully saturated rings. The number of cyclic esters (lactones) is 1. The zero-order chi connectivity index (χ0) is 15.0. The van der Waals surface area contributed by atoms with Crippen molar-refractivity contribution in [2.45, 2.75) is 12.4 Å². The summed E-state index contributed by atoms with van der Waals surface area (Å²) in [6, 6.07) is 11.7. The fourth-order valence-electron chi connectivity index (χ4n) is 2.14. The van der Waals surface area contributed by atoms with Crippen molar-refractivity contribution in [3.8, 4) is 0 Å². The van der Waals surface area contributed by atoms with Crippen LogP contribution in [0.25, 0.3) is 0 Å². The molecule has 2 aromatic carbocycles. The quantitative estimate of drug-likeness (QED) is 0.808.